The van der Waals surface area contributed by atoms with Gasteiger partial charge in [0.2, 0.25) is 5.91 Å². The third-order valence-corrected chi connectivity index (χ3v) is 3.66. The van der Waals surface area contributed by atoms with Crippen LogP contribution in [0.15, 0.2) is 0 Å². The number of carboxylic acid groups (broad SMARTS) is 1. The van der Waals surface area contributed by atoms with Crippen LogP contribution >= 0.6 is 0 Å². The zero-order valence-electron chi connectivity index (χ0n) is 11.5. The van der Waals surface area contributed by atoms with Crippen molar-refractivity contribution in [1.82, 2.24) is 5.32 Å². The first-order valence-corrected chi connectivity index (χ1v) is 6.82. The molecule has 0 spiro atoms. The van der Waals surface area contributed by atoms with Crippen LogP contribution in [0.5, 0.6) is 0 Å². The van der Waals surface area contributed by atoms with Crippen molar-refractivity contribution < 1.29 is 19.4 Å². The van der Waals surface area contributed by atoms with Crippen molar-refractivity contribution in [2.45, 2.75) is 44.6 Å². The molecule has 0 radical (unpaired) electrons. The highest BCUT2D eigenvalue weighted by Crippen LogP contribution is 2.21. The van der Waals surface area contributed by atoms with Gasteiger partial charge in [-0.1, -0.05) is 6.92 Å². The Labute approximate surface area is 113 Å². The van der Waals surface area contributed by atoms with Crippen LogP contribution in [0.3, 0.4) is 0 Å². The monoisotopic (exact) mass is 272 g/mol. The predicted octanol–water partition coefficient (Wildman–Crippen LogP) is 0.502. The lowest BCUT2D eigenvalue weighted by Crippen LogP contribution is -2.57. The molecule has 0 bridgehead atoms. The van der Waals surface area contributed by atoms with Crippen LogP contribution in [0.4, 0.5) is 0 Å². The van der Waals surface area contributed by atoms with Gasteiger partial charge in [-0.15, -0.1) is 0 Å². The lowest BCUT2D eigenvalue weighted by molar-refractivity contribution is -0.152. The molecule has 110 valence electrons. The number of carbonyl (C=O) groups is 2. The highest BCUT2D eigenvalue weighted by atomic mass is 16.5. The zero-order valence-corrected chi connectivity index (χ0v) is 11.5. The minimum absolute atomic E-state index is 0.201. The molecule has 1 unspecified atom stereocenters. The minimum atomic E-state index is -1.15. The first-order chi connectivity index (χ1) is 9.00. The summed E-state index contributed by atoms with van der Waals surface area (Å²) in [7, 11) is 0. The molecule has 1 heterocycles. The summed E-state index contributed by atoms with van der Waals surface area (Å²) in [6.07, 6.45) is 2.61. The number of carboxylic acids is 1. The predicted molar refractivity (Wildman–Crippen MR) is 70.6 cm³/mol. The van der Waals surface area contributed by atoms with Crippen LogP contribution in [0, 0.1) is 5.92 Å². The zero-order chi connectivity index (χ0) is 14.3. The maximum absolute atomic E-state index is 11.9. The molecular formula is C13H24N2O4. The summed E-state index contributed by atoms with van der Waals surface area (Å²) in [6.45, 7) is 3.40. The highest BCUT2D eigenvalue weighted by Gasteiger charge is 2.41. The Hall–Kier alpha value is -1.14. The number of aliphatic carboxylic acids is 1. The summed E-state index contributed by atoms with van der Waals surface area (Å²) in [5, 5.41) is 12.0. The maximum Gasteiger partial charge on any atom is 0.329 e. The van der Waals surface area contributed by atoms with Gasteiger partial charge >= 0.3 is 5.97 Å². The van der Waals surface area contributed by atoms with E-state index in [1.165, 1.54) is 0 Å². The number of nitrogens with two attached hydrogens (primary N) is 1. The van der Waals surface area contributed by atoms with E-state index >= 15 is 0 Å². The van der Waals surface area contributed by atoms with Gasteiger partial charge < -0.3 is 20.9 Å². The molecule has 0 aromatic heterocycles. The summed E-state index contributed by atoms with van der Waals surface area (Å²) < 4.78 is 5.16. The van der Waals surface area contributed by atoms with E-state index in [4.69, 9.17) is 10.5 Å². The molecule has 1 aliphatic heterocycles. The number of ether oxygens (including phenoxy) is 1. The molecule has 1 saturated heterocycles. The van der Waals surface area contributed by atoms with Gasteiger partial charge in [0.15, 0.2) is 0 Å². The Kier molecular flexibility index (Phi) is 6.24. The summed E-state index contributed by atoms with van der Waals surface area (Å²) in [5.41, 5.74) is 4.31. The molecule has 1 fully saturated rings. The molecular weight excluding hydrogens is 248 g/mol. The van der Waals surface area contributed by atoms with Crippen molar-refractivity contribution in [2.24, 2.45) is 11.7 Å². The van der Waals surface area contributed by atoms with Gasteiger partial charge in [0, 0.05) is 32.5 Å². The fraction of sp³-hybridized carbons (Fsp3) is 0.846. The van der Waals surface area contributed by atoms with Gasteiger partial charge in [0.25, 0.3) is 0 Å². The van der Waals surface area contributed by atoms with Crippen LogP contribution in [0.2, 0.25) is 0 Å². The van der Waals surface area contributed by atoms with Gasteiger partial charge in [-0.2, -0.15) is 0 Å². The number of carbonyl (C=O) groups excluding carboxylic acids is 1. The van der Waals surface area contributed by atoms with Crippen LogP contribution in [0.25, 0.3) is 0 Å². The summed E-state index contributed by atoms with van der Waals surface area (Å²) in [6, 6.07) is 0. The molecule has 19 heavy (non-hydrogen) atoms. The van der Waals surface area contributed by atoms with Gasteiger partial charge in [-0.05, 0) is 25.3 Å². The quantitative estimate of drug-likeness (QED) is 0.626. The molecule has 0 saturated carbocycles. The second kappa shape index (κ2) is 7.45. The van der Waals surface area contributed by atoms with E-state index in [1.807, 2.05) is 6.92 Å². The number of rotatable bonds is 7. The Morgan fingerprint density at radius 1 is 1.37 bits per heavy atom. The second-order valence-electron chi connectivity index (χ2n) is 5.27. The first kappa shape index (κ1) is 15.9. The summed E-state index contributed by atoms with van der Waals surface area (Å²) in [5.74, 6) is -0.793. The molecule has 1 atom stereocenters. The van der Waals surface area contributed by atoms with E-state index < -0.39 is 11.5 Å². The second-order valence-corrected chi connectivity index (χ2v) is 5.27. The van der Waals surface area contributed by atoms with Gasteiger partial charge in [0.05, 0.1) is 0 Å². The van der Waals surface area contributed by atoms with Crippen LogP contribution < -0.4 is 11.1 Å². The normalized spacial score (nSPS) is 19.7. The first-order valence-electron chi connectivity index (χ1n) is 6.82. The molecule has 0 aliphatic carbocycles. The van der Waals surface area contributed by atoms with Crippen molar-refractivity contribution in [3.05, 3.63) is 0 Å². The van der Waals surface area contributed by atoms with Crippen molar-refractivity contribution in [2.75, 3.05) is 19.8 Å². The average Bonchev–Trinajstić information content (AvgIpc) is 2.38. The summed E-state index contributed by atoms with van der Waals surface area (Å²) in [4.78, 5) is 23.2. The van der Waals surface area contributed by atoms with Crippen LogP contribution in [-0.4, -0.2) is 42.3 Å². The van der Waals surface area contributed by atoms with E-state index in [9.17, 15) is 14.7 Å². The third kappa shape index (κ3) is 4.80. The summed E-state index contributed by atoms with van der Waals surface area (Å²) >= 11 is 0. The third-order valence-electron chi connectivity index (χ3n) is 3.66. The Morgan fingerprint density at radius 3 is 2.53 bits per heavy atom. The molecule has 1 rings (SSSR count). The molecule has 6 heteroatoms. The molecule has 0 aromatic carbocycles. The Morgan fingerprint density at radius 2 is 2.00 bits per heavy atom. The molecule has 4 N–H and O–H groups in total. The maximum atomic E-state index is 11.9. The van der Waals surface area contributed by atoms with E-state index in [-0.39, 0.29) is 5.91 Å². The van der Waals surface area contributed by atoms with E-state index in [0.29, 0.717) is 44.9 Å². The van der Waals surface area contributed by atoms with Gasteiger partial charge in [-0.3, -0.25) is 4.79 Å². The minimum Gasteiger partial charge on any atom is -0.480 e. The molecule has 1 amide bonds. The molecule has 6 nitrogen and oxygen atoms in total. The number of amides is 1. The molecule has 1 aliphatic rings. The highest BCUT2D eigenvalue weighted by molar-refractivity contribution is 5.87. The van der Waals surface area contributed by atoms with Crippen molar-refractivity contribution in [1.29, 1.82) is 0 Å². The average molecular weight is 272 g/mol. The van der Waals surface area contributed by atoms with Crippen molar-refractivity contribution in [3.63, 3.8) is 0 Å². The van der Waals surface area contributed by atoms with Crippen LogP contribution in [-0.2, 0) is 14.3 Å². The fourth-order valence-electron chi connectivity index (χ4n) is 2.25. The number of hydrogen-bond donors (Lipinski definition) is 3. The smallest absolute Gasteiger partial charge is 0.329 e. The van der Waals surface area contributed by atoms with E-state index in [1.54, 1.807) is 0 Å². The lowest BCUT2D eigenvalue weighted by atomic mass is 9.89. The Balaban J connectivity index is 2.46. The molecule has 0 aromatic rings. The lowest BCUT2D eigenvalue weighted by Gasteiger charge is -2.34. The van der Waals surface area contributed by atoms with Crippen molar-refractivity contribution in [3.8, 4) is 0 Å². The largest absolute Gasteiger partial charge is 0.480 e. The van der Waals surface area contributed by atoms with Crippen molar-refractivity contribution >= 4 is 11.9 Å². The fourth-order valence-corrected chi connectivity index (χ4v) is 2.25. The number of nitrogens with one attached hydrogen (secondary N) is 1. The van der Waals surface area contributed by atoms with E-state index in [2.05, 4.69) is 5.32 Å². The SMILES string of the molecule is CC(CCN)CCC(=O)NC1(C(=O)O)CCOCC1. The van der Waals surface area contributed by atoms with Crippen LogP contribution in [0.1, 0.15) is 39.0 Å². The van der Waals surface area contributed by atoms with E-state index in [0.717, 1.165) is 12.8 Å². The van der Waals surface area contributed by atoms with Gasteiger partial charge in [0.1, 0.15) is 5.54 Å². The standard InChI is InChI=1S/C13H24N2O4/c1-10(4-7-14)2-3-11(16)15-13(12(17)18)5-8-19-9-6-13/h10H,2-9,14H2,1H3,(H,15,16)(H,17,18). The Bertz CT molecular complexity index is 314. The van der Waals surface area contributed by atoms with Gasteiger partial charge in [-0.25, -0.2) is 4.79 Å². The number of hydrogen-bond acceptors (Lipinski definition) is 4. The topological polar surface area (TPSA) is 102 Å².